The van der Waals surface area contributed by atoms with E-state index in [0.29, 0.717) is 5.56 Å². The molecule has 17 heavy (non-hydrogen) atoms. The quantitative estimate of drug-likeness (QED) is 0.821. The van der Waals surface area contributed by atoms with E-state index in [9.17, 15) is 13.6 Å². The second kappa shape index (κ2) is 3.96. The van der Waals surface area contributed by atoms with Crippen LogP contribution in [0.25, 0.3) is 0 Å². The minimum Gasteiger partial charge on any atom is -0.443 e. The number of amides is 1. The number of rotatable bonds is 3. The van der Waals surface area contributed by atoms with Crippen LogP contribution in [0.15, 0.2) is 18.2 Å². The van der Waals surface area contributed by atoms with E-state index in [0.717, 1.165) is 18.2 Å². The van der Waals surface area contributed by atoms with Gasteiger partial charge in [-0.25, -0.2) is 13.6 Å². The zero-order valence-corrected chi connectivity index (χ0v) is 9.07. The third-order valence-electron chi connectivity index (χ3n) is 2.76. The molecule has 0 radical (unpaired) electrons. The molecule has 2 N–H and O–H groups in total. The number of halogens is 2. The maximum absolute atomic E-state index is 13.1. The maximum atomic E-state index is 13.1. The molecule has 1 heterocycles. The number of hydrogen-bond acceptors (Lipinski definition) is 3. The second-order valence-electron chi connectivity index (χ2n) is 3.92. The second-order valence-corrected chi connectivity index (χ2v) is 3.92. The SMILES string of the molecule is C[C@H](OC(N)=O)[C@]1(c2cc(F)cc(F)c2)CO1. The lowest BCUT2D eigenvalue weighted by atomic mass is 9.94. The topological polar surface area (TPSA) is 64.8 Å². The van der Waals surface area contributed by atoms with Crippen LogP contribution in [0, 0.1) is 11.6 Å². The molecule has 0 saturated carbocycles. The molecule has 6 heteroatoms. The highest BCUT2D eigenvalue weighted by Gasteiger charge is 2.53. The Morgan fingerprint density at radius 2 is 2.00 bits per heavy atom. The average molecular weight is 243 g/mol. The van der Waals surface area contributed by atoms with Crippen LogP contribution in [0.5, 0.6) is 0 Å². The Bertz CT molecular complexity index is 440. The van der Waals surface area contributed by atoms with Crippen LogP contribution in [0.2, 0.25) is 0 Å². The van der Waals surface area contributed by atoms with Crippen LogP contribution in [0.1, 0.15) is 12.5 Å². The van der Waals surface area contributed by atoms with Crippen LogP contribution in [0.4, 0.5) is 13.6 Å². The highest BCUT2D eigenvalue weighted by Crippen LogP contribution is 2.43. The molecule has 1 aliphatic heterocycles. The van der Waals surface area contributed by atoms with Crippen LogP contribution in [-0.2, 0) is 15.1 Å². The van der Waals surface area contributed by atoms with E-state index >= 15 is 0 Å². The normalized spacial score (nSPS) is 24.2. The maximum Gasteiger partial charge on any atom is 0.404 e. The number of carbonyl (C=O) groups is 1. The third-order valence-corrected chi connectivity index (χ3v) is 2.76. The summed E-state index contributed by atoms with van der Waals surface area (Å²) in [4.78, 5) is 10.6. The van der Waals surface area contributed by atoms with Gasteiger partial charge in [-0.2, -0.15) is 0 Å². The molecule has 0 unspecified atom stereocenters. The molecule has 1 fully saturated rings. The molecular weight excluding hydrogens is 232 g/mol. The van der Waals surface area contributed by atoms with Gasteiger partial charge in [0.15, 0.2) is 5.60 Å². The highest BCUT2D eigenvalue weighted by molar-refractivity contribution is 5.65. The van der Waals surface area contributed by atoms with Gasteiger partial charge in [-0.15, -0.1) is 0 Å². The van der Waals surface area contributed by atoms with E-state index in [4.69, 9.17) is 15.2 Å². The van der Waals surface area contributed by atoms with Crippen molar-refractivity contribution < 1.29 is 23.0 Å². The number of primary amides is 1. The Kier molecular flexibility index (Phi) is 2.74. The van der Waals surface area contributed by atoms with Gasteiger partial charge in [0.25, 0.3) is 0 Å². The number of ether oxygens (including phenoxy) is 2. The summed E-state index contributed by atoms with van der Waals surface area (Å²) >= 11 is 0. The molecule has 0 spiro atoms. The molecule has 92 valence electrons. The molecule has 0 bridgehead atoms. The van der Waals surface area contributed by atoms with Crippen molar-refractivity contribution in [2.75, 3.05) is 6.61 Å². The molecule has 4 nitrogen and oxygen atoms in total. The third kappa shape index (κ3) is 2.21. The number of epoxide rings is 1. The molecule has 1 saturated heterocycles. The molecule has 0 aromatic heterocycles. The lowest BCUT2D eigenvalue weighted by Crippen LogP contribution is -2.32. The molecule has 0 aliphatic carbocycles. The Hall–Kier alpha value is -1.69. The fourth-order valence-electron chi connectivity index (χ4n) is 1.78. The average Bonchev–Trinajstić information content (AvgIpc) is 2.94. The van der Waals surface area contributed by atoms with Gasteiger partial charge in [0.1, 0.15) is 17.7 Å². The van der Waals surface area contributed by atoms with Gasteiger partial charge >= 0.3 is 6.09 Å². The molecule has 1 aromatic rings. The highest BCUT2D eigenvalue weighted by atomic mass is 19.1. The first-order valence-electron chi connectivity index (χ1n) is 5.01. The lowest BCUT2D eigenvalue weighted by Gasteiger charge is -2.20. The largest absolute Gasteiger partial charge is 0.443 e. The molecule has 2 rings (SSSR count). The van der Waals surface area contributed by atoms with Crippen molar-refractivity contribution in [2.24, 2.45) is 5.73 Å². The predicted octanol–water partition coefficient (Wildman–Crippen LogP) is 1.67. The van der Waals surface area contributed by atoms with Crippen molar-refractivity contribution in [3.05, 3.63) is 35.4 Å². The summed E-state index contributed by atoms with van der Waals surface area (Å²) in [7, 11) is 0. The summed E-state index contributed by atoms with van der Waals surface area (Å²) in [5.74, 6) is -1.41. The van der Waals surface area contributed by atoms with E-state index < -0.39 is 29.4 Å². The van der Waals surface area contributed by atoms with Gasteiger partial charge in [0.2, 0.25) is 0 Å². The number of nitrogens with two attached hydrogens (primary N) is 1. The van der Waals surface area contributed by atoms with Crippen molar-refractivity contribution in [2.45, 2.75) is 18.6 Å². The monoisotopic (exact) mass is 243 g/mol. The van der Waals surface area contributed by atoms with Crippen LogP contribution in [0.3, 0.4) is 0 Å². The van der Waals surface area contributed by atoms with Crippen molar-refractivity contribution in [1.29, 1.82) is 0 Å². The fourth-order valence-corrected chi connectivity index (χ4v) is 1.78. The molecule has 1 aromatic carbocycles. The Morgan fingerprint density at radius 3 is 2.41 bits per heavy atom. The lowest BCUT2D eigenvalue weighted by molar-refractivity contribution is 0.0578. The zero-order chi connectivity index (χ0) is 12.6. The van der Waals surface area contributed by atoms with Crippen molar-refractivity contribution in [3.8, 4) is 0 Å². The first kappa shape index (κ1) is 11.8. The Morgan fingerprint density at radius 1 is 1.47 bits per heavy atom. The zero-order valence-electron chi connectivity index (χ0n) is 9.07. The van der Waals surface area contributed by atoms with Crippen molar-refractivity contribution in [3.63, 3.8) is 0 Å². The Balaban J connectivity index is 2.29. The summed E-state index contributed by atoms with van der Waals surface area (Å²) in [5.41, 5.74) is 4.20. The first-order chi connectivity index (χ1) is 7.94. The van der Waals surface area contributed by atoms with Gasteiger partial charge in [-0.1, -0.05) is 0 Å². The van der Waals surface area contributed by atoms with Crippen LogP contribution < -0.4 is 5.73 Å². The smallest absolute Gasteiger partial charge is 0.404 e. The number of hydrogen-bond donors (Lipinski definition) is 1. The summed E-state index contributed by atoms with van der Waals surface area (Å²) in [5, 5.41) is 0. The number of carbonyl (C=O) groups excluding carboxylic acids is 1. The minimum absolute atomic E-state index is 0.227. The van der Waals surface area contributed by atoms with Crippen LogP contribution >= 0.6 is 0 Å². The van der Waals surface area contributed by atoms with Gasteiger partial charge in [0.05, 0.1) is 6.61 Å². The van der Waals surface area contributed by atoms with Crippen molar-refractivity contribution in [1.82, 2.24) is 0 Å². The van der Waals surface area contributed by atoms with Gasteiger partial charge < -0.3 is 15.2 Å². The van der Waals surface area contributed by atoms with E-state index in [1.807, 2.05) is 0 Å². The minimum atomic E-state index is -0.988. The van der Waals surface area contributed by atoms with E-state index in [1.165, 1.54) is 0 Å². The van der Waals surface area contributed by atoms with E-state index in [2.05, 4.69) is 0 Å². The first-order valence-corrected chi connectivity index (χ1v) is 5.01. The van der Waals surface area contributed by atoms with E-state index in [-0.39, 0.29) is 6.61 Å². The summed E-state index contributed by atoms with van der Waals surface area (Å²) in [6.45, 7) is 1.78. The number of benzene rings is 1. The van der Waals surface area contributed by atoms with Gasteiger partial charge in [-0.05, 0) is 24.6 Å². The summed E-state index contributed by atoms with van der Waals surface area (Å²) < 4.78 is 36.1. The molecule has 1 amide bonds. The molecule has 1 aliphatic rings. The van der Waals surface area contributed by atoms with Gasteiger partial charge in [-0.3, -0.25) is 0 Å². The predicted molar refractivity (Wildman–Crippen MR) is 54.1 cm³/mol. The van der Waals surface area contributed by atoms with Crippen molar-refractivity contribution >= 4 is 6.09 Å². The Labute approximate surface area is 96.3 Å². The molecule has 2 atom stereocenters. The van der Waals surface area contributed by atoms with Gasteiger partial charge in [0, 0.05) is 6.07 Å². The van der Waals surface area contributed by atoms with Crippen LogP contribution in [-0.4, -0.2) is 18.8 Å². The molecular formula is C11H11F2NO3. The standard InChI is InChI=1S/C11H11F2NO3/c1-6(17-10(14)15)11(5-16-11)7-2-8(12)4-9(13)3-7/h2-4,6H,5H2,1H3,(H2,14,15)/t6-,11-/m0/s1. The summed E-state index contributed by atoms with van der Waals surface area (Å²) in [6, 6.07) is 3.06. The summed E-state index contributed by atoms with van der Waals surface area (Å²) in [6.07, 6.45) is -1.66. The van der Waals surface area contributed by atoms with E-state index in [1.54, 1.807) is 6.92 Å². The fraction of sp³-hybridized carbons (Fsp3) is 0.364.